The molecule has 6 atom stereocenters. The van der Waals surface area contributed by atoms with Crippen LogP contribution in [0.15, 0.2) is 12.2 Å². The number of carbonyl (C=O) groups is 2. The number of ketones is 2. The molecule has 2 fully saturated rings. The van der Waals surface area contributed by atoms with E-state index in [1.54, 1.807) is 0 Å². The molecular formula is C14H18O3. The molecule has 0 amide bonds. The lowest BCUT2D eigenvalue weighted by atomic mass is 9.59. The normalized spacial score (nSPS) is 49.1. The Morgan fingerprint density at radius 3 is 2.76 bits per heavy atom. The summed E-state index contributed by atoms with van der Waals surface area (Å²) in [6, 6.07) is 0. The summed E-state index contributed by atoms with van der Waals surface area (Å²) in [7, 11) is 0. The molecule has 0 aromatic heterocycles. The SMILES string of the molecule is C[C@@H]1C[C@H]2OCC(=O)[C@@H]3[C@H]2[C@H](C=C[C@H]3C)C1=O. The molecule has 1 saturated heterocycles. The molecule has 3 nitrogen and oxygen atoms in total. The fourth-order valence-corrected chi connectivity index (χ4v) is 3.79. The van der Waals surface area contributed by atoms with Crippen molar-refractivity contribution in [3.05, 3.63) is 12.2 Å². The van der Waals surface area contributed by atoms with Crippen LogP contribution in [0.25, 0.3) is 0 Å². The Morgan fingerprint density at radius 1 is 1.24 bits per heavy atom. The molecule has 92 valence electrons. The van der Waals surface area contributed by atoms with Gasteiger partial charge in [-0.2, -0.15) is 0 Å². The van der Waals surface area contributed by atoms with Crippen molar-refractivity contribution in [3.63, 3.8) is 0 Å². The molecule has 1 heterocycles. The molecule has 2 aliphatic carbocycles. The maximum atomic E-state index is 12.2. The fourth-order valence-electron chi connectivity index (χ4n) is 3.79. The topological polar surface area (TPSA) is 43.4 Å². The van der Waals surface area contributed by atoms with E-state index in [0.29, 0.717) is 0 Å². The summed E-state index contributed by atoms with van der Waals surface area (Å²) in [5.74, 6) is 0.784. The molecule has 3 aliphatic rings. The second kappa shape index (κ2) is 3.77. The van der Waals surface area contributed by atoms with Crippen molar-refractivity contribution in [2.75, 3.05) is 6.61 Å². The molecule has 17 heavy (non-hydrogen) atoms. The molecule has 0 unspecified atom stereocenters. The smallest absolute Gasteiger partial charge is 0.162 e. The van der Waals surface area contributed by atoms with Crippen LogP contribution in [0.5, 0.6) is 0 Å². The van der Waals surface area contributed by atoms with Crippen LogP contribution in [0.4, 0.5) is 0 Å². The van der Waals surface area contributed by atoms with Crippen molar-refractivity contribution in [3.8, 4) is 0 Å². The minimum atomic E-state index is -0.0887. The summed E-state index contributed by atoms with van der Waals surface area (Å²) >= 11 is 0. The standard InChI is InChI=1S/C14H18O3/c1-7-3-4-9-13-11(5-8(2)14(9)16)17-6-10(15)12(7)13/h3-4,7-9,11-13H,5-6H2,1-2H3/t7-,8-,9+,11-,12-,13+/m1/s1. The summed E-state index contributed by atoms with van der Waals surface area (Å²) in [6.45, 7) is 4.27. The van der Waals surface area contributed by atoms with Gasteiger partial charge >= 0.3 is 0 Å². The summed E-state index contributed by atoms with van der Waals surface area (Å²) < 4.78 is 5.66. The molecule has 0 radical (unpaired) electrons. The van der Waals surface area contributed by atoms with Gasteiger partial charge in [0.25, 0.3) is 0 Å². The number of rotatable bonds is 0. The van der Waals surface area contributed by atoms with Gasteiger partial charge in [0.15, 0.2) is 5.78 Å². The summed E-state index contributed by atoms with van der Waals surface area (Å²) in [4.78, 5) is 24.2. The van der Waals surface area contributed by atoms with Gasteiger partial charge in [-0.3, -0.25) is 9.59 Å². The Balaban J connectivity index is 2.02. The van der Waals surface area contributed by atoms with Crippen LogP contribution >= 0.6 is 0 Å². The third-order valence-corrected chi connectivity index (χ3v) is 4.66. The van der Waals surface area contributed by atoms with E-state index in [0.717, 1.165) is 6.42 Å². The van der Waals surface area contributed by atoms with Crippen LogP contribution in [0, 0.1) is 29.6 Å². The first-order valence-electron chi connectivity index (χ1n) is 6.46. The first-order chi connectivity index (χ1) is 8.09. The maximum absolute atomic E-state index is 12.2. The van der Waals surface area contributed by atoms with Crippen LogP contribution < -0.4 is 0 Å². The van der Waals surface area contributed by atoms with Gasteiger partial charge in [-0.1, -0.05) is 26.0 Å². The van der Waals surface area contributed by atoms with Gasteiger partial charge in [0.05, 0.1) is 6.10 Å². The van der Waals surface area contributed by atoms with E-state index < -0.39 is 0 Å². The number of ether oxygens (including phenoxy) is 1. The summed E-state index contributed by atoms with van der Waals surface area (Å²) in [5.41, 5.74) is 0. The Labute approximate surface area is 101 Å². The highest BCUT2D eigenvalue weighted by atomic mass is 16.5. The number of hydrogen-bond acceptors (Lipinski definition) is 3. The van der Waals surface area contributed by atoms with Crippen LogP contribution in [-0.4, -0.2) is 24.3 Å². The van der Waals surface area contributed by atoms with E-state index in [1.807, 2.05) is 19.1 Å². The predicted molar refractivity (Wildman–Crippen MR) is 62.3 cm³/mol. The van der Waals surface area contributed by atoms with Gasteiger partial charge in [0.2, 0.25) is 0 Å². The minimum Gasteiger partial charge on any atom is -0.370 e. The summed E-state index contributed by atoms with van der Waals surface area (Å²) in [5, 5.41) is 0. The monoisotopic (exact) mass is 234 g/mol. The van der Waals surface area contributed by atoms with Crippen LogP contribution in [0.1, 0.15) is 20.3 Å². The maximum Gasteiger partial charge on any atom is 0.162 e. The van der Waals surface area contributed by atoms with E-state index >= 15 is 0 Å². The van der Waals surface area contributed by atoms with Crippen molar-refractivity contribution in [1.29, 1.82) is 0 Å². The van der Waals surface area contributed by atoms with Crippen LogP contribution in [0.3, 0.4) is 0 Å². The molecule has 3 rings (SSSR count). The van der Waals surface area contributed by atoms with Crippen molar-refractivity contribution in [1.82, 2.24) is 0 Å². The number of allylic oxidation sites excluding steroid dienone is 2. The van der Waals surface area contributed by atoms with E-state index in [1.165, 1.54) is 0 Å². The van der Waals surface area contributed by atoms with E-state index in [9.17, 15) is 9.59 Å². The zero-order valence-electron chi connectivity index (χ0n) is 10.3. The van der Waals surface area contributed by atoms with Crippen molar-refractivity contribution < 1.29 is 14.3 Å². The Kier molecular flexibility index (Phi) is 2.47. The molecule has 0 spiro atoms. The Morgan fingerprint density at radius 2 is 2.00 bits per heavy atom. The van der Waals surface area contributed by atoms with Crippen LogP contribution in [-0.2, 0) is 14.3 Å². The molecular weight excluding hydrogens is 216 g/mol. The zero-order chi connectivity index (χ0) is 12.2. The summed E-state index contributed by atoms with van der Waals surface area (Å²) in [6.07, 6.45) is 4.94. The first kappa shape index (κ1) is 11.1. The number of Topliss-reactive ketones (excluding diaryl/α,β-unsaturated/α-hetero) is 2. The Hall–Kier alpha value is -0.960. The Bertz CT molecular complexity index is 398. The molecule has 0 aromatic rings. The lowest BCUT2D eigenvalue weighted by Gasteiger charge is -2.48. The number of hydrogen-bond donors (Lipinski definition) is 0. The lowest BCUT2D eigenvalue weighted by molar-refractivity contribution is -0.163. The van der Waals surface area contributed by atoms with E-state index in [2.05, 4.69) is 6.92 Å². The van der Waals surface area contributed by atoms with Crippen molar-refractivity contribution >= 4 is 11.6 Å². The zero-order valence-corrected chi connectivity index (χ0v) is 10.3. The highest BCUT2D eigenvalue weighted by Crippen LogP contribution is 2.46. The molecule has 0 N–H and O–H groups in total. The van der Waals surface area contributed by atoms with E-state index in [-0.39, 0.29) is 53.9 Å². The second-order valence-electron chi connectivity index (χ2n) is 5.73. The van der Waals surface area contributed by atoms with Crippen LogP contribution in [0.2, 0.25) is 0 Å². The number of carbonyl (C=O) groups excluding carboxylic acids is 2. The predicted octanol–water partition coefficient (Wildman–Crippen LogP) is 1.62. The largest absolute Gasteiger partial charge is 0.370 e. The highest BCUT2D eigenvalue weighted by molar-refractivity contribution is 5.90. The average molecular weight is 234 g/mol. The van der Waals surface area contributed by atoms with Crippen molar-refractivity contribution in [2.45, 2.75) is 26.4 Å². The second-order valence-corrected chi connectivity index (χ2v) is 5.73. The lowest BCUT2D eigenvalue weighted by Crippen LogP contribution is -2.55. The third-order valence-electron chi connectivity index (χ3n) is 4.66. The molecule has 0 bridgehead atoms. The molecule has 1 saturated carbocycles. The highest BCUT2D eigenvalue weighted by Gasteiger charge is 2.52. The van der Waals surface area contributed by atoms with Gasteiger partial charge in [-0.05, 0) is 12.3 Å². The van der Waals surface area contributed by atoms with Gasteiger partial charge in [-0.15, -0.1) is 0 Å². The van der Waals surface area contributed by atoms with Gasteiger partial charge in [-0.25, -0.2) is 0 Å². The molecule has 0 aromatic carbocycles. The van der Waals surface area contributed by atoms with Gasteiger partial charge < -0.3 is 4.74 Å². The van der Waals surface area contributed by atoms with Crippen molar-refractivity contribution in [2.24, 2.45) is 29.6 Å². The first-order valence-corrected chi connectivity index (χ1v) is 6.46. The molecule has 3 heteroatoms. The minimum absolute atomic E-state index is 0.000185. The van der Waals surface area contributed by atoms with Gasteiger partial charge in [0.1, 0.15) is 12.4 Å². The van der Waals surface area contributed by atoms with Gasteiger partial charge in [0, 0.05) is 23.7 Å². The fraction of sp³-hybridized carbons (Fsp3) is 0.714. The average Bonchev–Trinajstić information content (AvgIpc) is 2.30. The molecule has 1 aliphatic heterocycles. The third kappa shape index (κ3) is 1.52. The van der Waals surface area contributed by atoms with E-state index in [4.69, 9.17) is 4.74 Å². The quantitative estimate of drug-likeness (QED) is 0.598.